The fraction of sp³-hybridized carbons (Fsp3) is 0.692. The Morgan fingerprint density at radius 2 is 2.20 bits per heavy atom. The molecule has 1 fully saturated rings. The Kier molecular flexibility index (Phi) is 3.15. The van der Waals surface area contributed by atoms with Gasteiger partial charge in [0.2, 0.25) is 0 Å². The Morgan fingerprint density at radius 3 is 2.73 bits per heavy atom. The van der Waals surface area contributed by atoms with Crippen LogP contribution >= 0.6 is 0 Å². The molecule has 15 heavy (non-hydrogen) atoms. The maximum absolute atomic E-state index is 5.62. The van der Waals surface area contributed by atoms with Crippen molar-refractivity contribution >= 4 is 0 Å². The SMILES string of the molecule is Cc1ccc(C(C)NC2CCC(C)C2)o1. The number of furan rings is 1. The first kappa shape index (κ1) is 10.7. The monoisotopic (exact) mass is 207 g/mol. The second-order valence-electron chi connectivity index (χ2n) is 4.95. The summed E-state index contributed by atoms with van der Waals surface area (Å²) in [5.41, 5.74) is 0. The van der Waals surface area contributed by atoms with Gasteiger partial charge in [0, 0.05) is 6.04 Å². The topological polar surface area (TPSA) is 25.2 Å². The van der Waals surface area contributed by atoms with E-state index < -0.39 is 0 Å². The Bertz CT molecular complexity index is 318. The van der Waals surface area contributed by atoms with Gasteiger partial charge in [0.25, 0.3) is 0 Å². The van der Waals surface area contributed by atoms with Gasteiger partial charge in [0.05, 0.1) is 6.04 Å². The molecule has 1 aromatic heterocycles. The van der Waals surface area contributed by atoms with Crippen molar-refractivity contribution in [3.05, 3.63) is 23.7 Å². The summed E-state index contributed by atoms with van der Waals surface area (Å²) in [5.74, 6) is 2.94. The van der Waals surface area contributed by atoms with E-state index in [1.54, 1.807) is 0 Å². The summed E-state index contributed by atoms with van der Waals surface area (Å²) in [6.45, 7) is 6.51. The van der Waals surface area contributed by atoms with Crippen LogP contribution in [0.25, 0.3) is 0 Å². The van der Waals surface area contributed by atoms with Crippen molar-refractivity contribution < 1.29 is 4.42 Å². The lowest BCUT2D eigenvalue weighted by molar-refractivity contribution is 0.377. The van der Waals surface area contributed by atoms with E-state index in [2.05, 4.69) is 25.2 Å². The van der Waals surface area contributed by atoms with Crippen molar-refractivity contribution in [3.63, 3.8) is 0 Å². The zero-order valence-corrected chi connectivity index (χ0v) is 9.92. The van der Waals surface area contributed by atoms with E-state index >= 15 is 0 Å². The molecule has 3 unspecified atom stereocenters. The van der Waals surface area contributed by atoms with E-state index in [4.69, 9.17) is 4.42 Å². The fourth-order valence-electron chi connectivity index (χ4n) is 2.48. The van der Waals surface area contributed by atoms with Crippen molar-refractivity contribution in [1.29, 1.82) is 0 Å². The first-order valence-corrected chi connectivity index (χ1v) is 5.97. The van der Waals surface area contributed by atoms with Crippen molar-refractivity contribution in [2.45, 2.75) is 52.1 Å². The number of rotatable bonds is 3. The van der Waals surface area contributed by atoms with Crippen LogP contribution < -0.4 is 5.32 Å². The maximum Gasteiger partial charge on any atom is 0.120 e. The average Bonchev–Trinajstić information content (AvgIpc) is 2.75. The summed E-state index contributed by atoms with van der Waals surface area (Å²) in [6, 6.07) is 5.13. The minimum absolute atomic E-state index is 0.342. The molecule has 0 radical (unpaired) electrons. The largest absolute Gasteiger partial charge is 0.465 e. The molecule has 1 aliphatic carbocycles. The minimum Gasteiger partial charge on any atom is -0.465 e. The standard InChI is InChI=1S/C13H21NO/c1-9-4-6-12(8-9)14-11(3)13-7-5-10(2)15-13/h5,7,9,11-12,14H,4,6,8H2,1-3H3. The van der Waals surface area contributed by atoms with Crippen molar-refractivity contribution in [1.82, 2.24) is 5.32 Å². The smallest absolute Gasteiger partial charge is 0.120 e. The summed E-state index contributed by atoms with van der Waals surface area (Å²) < 4.78 is 5.62. The van der Waals surface area contributed by atoms with Crippen LogP contribution in [0, 0.1) is 12.8 Å². The molecule has 1 heterocycles. The fourth-order valence-corrected chi connectivity index (χ4v) is 2.48. The molecule has 0 amide bonds. The van der Waals surface area contributed by atoms with Crippen LogP contribution in [-0.4, -0.2) is 6.04 Å². The molecule has 84 valence electrons. The molecule has 2 heteroatoms. The van der Waals surface area contributed by atoms with E-state index in [9.17, 15) is 0 Å². The first-order valence-electron chi connectivity index (χ1n) is 5.97. The van der Waals surface area contributed by atoms with Gasteiger partial charge in [0.1, 0.15) is 11.5 Å². The molecule has 0 spiro atoms. The Morgan fingerprint density at radius 1 is 1.40 bits per heavy atom. The van der Waals surface area contributed by atoms with Crippen LogP contribution in [0.15, 0.2) is 16.5 Å². The summed E-state index contributed by atoms with van der Waals surface area (Å²) in [4.78, 5) is 0. The number of hydrogen-bond acceptors (Lipinski definition) is 2. The predicted octanol–water partition coefficient (Wildman–Crippen LogP) is 3.43. The van der Waals surface area contributed by atoms with Crippen LogP contribution in [-0.2, 0) is 0 Å². The molecule has 2 rings (SSSR count). The second kappa shape index (κ2) is 4.40. The van der Waals surface area contributed by atoms with E-state index in [1.807, 2.05) is 13.0 Å². The van der Waals surface area contributed by atoms with Gasteiger partial charge in [0.15, 0.2) is 0 Å². The highest BCUT2D eigenvalue weighted by molar-refractivity contribution is 5.09. The quantitative estimate of drug-likeness (QED) is 0.821. The zero-order valence-electron chi connectivity index (χ0n) is 9.92. The van der Waals surface area contributed by atoms with Crippen molar-refractivity contribution in [3.8, 4) is 0 Å². The zero-order chi connectivity index (χ0) is 10.8. The third-order valence-corrected chi connectivity index (χ3v) is 3.37. The number of aryl methyl sites for hydroxylation is 1. The molecular formula is C13H21NO. The molecule has 0 saturated heterocycles. The molecule has 0 aromatic carbocycles. The molecule has 1 N–H and O–H groups in total. The van der Waals surface area contributed by atoms with Crippen molar-refractivity contribution in [2.24, 2.45) is 5.92 Å². The third kappa shape index (κ3) is 2.63. The summed E-state index contributed by atoms with van der Waals surface area (Å²) in [5, 5.41) is 3.65. The predicted molar refractivity (Wildman–Crippen MR) is 61.8 cm³/mol. The van der Waals surface area contributed by atoms with Gasteiger partial charge in [-0.15, -0.1) is 0 Å². The molecule has 2 nitrogen and oxygen atoms in total. The first-order chi connectivity index (χ1) is 7.15. The van der Waals surface area contributed by atoms with Crippen molar-refractivity contribution in [2.75, 3.05) is 0 Å². The van der Waals surface area contributed by atoms with Gasteiger partial charge in [-0.1, -0.05) is 6.92 Å². The Balaban J connectivity index is 1.89. The van der Waals surface area contributed by atoms with E-state index in [0.717, 1.165) is 17.4 Å². The molecule has 0 bridgehead atoms. The highest BCUT2D eigenvalue weighted by Crippen LogP contribution is 2.27. The van der Waals surface area contributed by atoms with Gasteiger partial charge in [-0.2, -0.15) is 0 Å². The van der Waals surface area contributed by atoms with Gasteiger partial charge in [-0.25, -0.2) is 0 Å². The Labute approximate surface area is 92.1 Å². The minimum atomic E-state index is 0.342. The van der Waals surface area contributed by atoms with Crippen LogP contribution in [0.3, 0.4) is 0 Å². The van der Waals surface area contributed by atoms with E-state index in [-0.39, 0.29) is 0 Å². The van der Waals surface area contributed by atoms with E-state index in [0.29, 0.717) is 12.1 Å². The molecule has 0 aliphatic heterocycles. The number of hydrogen-bond donors (Lipinski definition) is 1. The number of nitrogens with one attached hydrogen (secondary N) is 1. The summed E-state index contributed by atoms with van der Waals surface area (Å²) in [7, 11) is 0. The highest BCUT2D eigenvalue weighted by atomic mass is 16.3. The lowest BCUT2D eigenvalue weighted by atomic mass is 10.1. The Hall–Kier alpha value is -0.760. The molecule has 1 aliphatic rings. The highest BCUT2D eigenvalue weighted by Gasteiger charge is 2.23. The second-order valence-corrected chi connectivity index (χ2v) is 4.95. The lowest BCUT2D eigenvalue weighted by Gasteiger charge is -2.17. The van der Waals surface area contributed by atoms with Crippen LogP contribution in [0.4, 0.5) is 0 Å². The average molecular weight is 207 g/mol. The van der Waals surface area contributed by atoms with Crippen LogP contribution in [0.2, 0.25) is 0 Å². The molecule has 3 atom stereocenters. The van der Waals surface area contributed by atoms with Gasteiger partial charge in [-0.05, 0) is 51.2 Å². The summed E-state index contributed by atoms with van der Waals surface area (Å²) >= 11 is 0. The lowest BCUT2D eigenvalue weighted by Crippen LogP contribution is -2.29. The van der Waals surface area contributed by atoms with Gasteiger partial charge < -0.3 is 9.73 Å². The van der Waals surface area contributed by atoms with Gasteiger partial charge >= 0.3 is 0 Å². The van der Waals surface area contributed by atoms with Crippen LogP contribution in [0.5, 0.6) is 0 Å². The summed E-state index contributed by atoms with van der Waals surface area (Å²) in [6.07, 6.45) is 3.98. The van der Waals surface area contributed by atoms with E-state index in [1.165, 1.54) is 19.3 Å². The molecule has 1 saturated carbocycles. The third-order valence-electron chi connectivity index (χ3n) is 3.37. The molecule has 1 aromatic rings. The molecular weight excluding hydrogens is 186 g/mol. The normalized spacial score (nSPS) is 28.2. The van der Waals surface area contributed by atoms with Gasteiger partial charge in [-0.3, -0.25) is 0 Å². The van der Waals surface area contributed by atoms with Crippen LogP contribution in [0.1, 0.15) is 50.7 Å². The maximum atomic E-state index is 5.62.